The predicted molar refractivity (Wildman–Crippen MR) is 82.5 cm³/mol. The quantitative estimate of drug-likeness (QED) is 0.877. The zero-order chi connectivity index (χ0) is 15.6. The maximum atomic E-state index is 13.4. The molecule has 0 aliphatic carbocycles. The van der Waals surface area contributed by atoms with E-state index in [-0.39, 0.29) is 11.9 Å². The molecule has 1 unspecified atom stereocenters. The van der Waals surface area contributed by atoms with Crippen LogP contribution in [0.15, 0.2) is 42.5 Å². The lowest BCUT2D eigenvalue weighted by atomic mass is 10.0. The van der Waals surface area contributed by atoms with Crippen LogP contribution in [0.5, 0.6) is 0 Å². The van der Waals surface area contributed by atoms with Gasteiger partial charge in [0.05, 0.1) is 6.04 Å². The Bertz CT molecular complexity index is 670. The third kappa shape index (κ3) is 3.21. The Balaban J connectivity index is 2.28. The smallest absolute Gasteiger partial charge is 0.254 e. The monoisotopic (exact) mass is 286 g/mol. The van der Waals surface area contributed by atoms with Crippen LogP contribution in [-0.2, 0) is 0 Å². The topological polar surface area (TPSA) is 46.3 Å². The Morgan fingerprint density at radius 1 is 1.24 bits per heavy atom. The summed E-state index contributed by atoms with van der Waals surface area (Å²) in [5.74, 6) is -0.615. The summed E-state index contributed by atoms with van der Waals surface area (Å²) >= 11 is 0. The van der Waals surface area contributed by atoms with E-state index in [0.29, 0.717) is 11.3 Å². The number of anilines is 1. The molecule has 110 valence electrons. The fourth-order valence-electron chi connectivity index (χ4n) is 2.23. The number of halogens is 1. The number of aryl methyl sites for hydroxylation is 1. The van der Waals surface area contributed by atoms with E-state index in [4.69, 9.17) is 5.73 Å². The maximum absolute atomic E-state index is 13.4. The van der Waals surface area contributed by atoms with Crippen LogP contribution in [0.4, 0.5) is 10.1 Å². The number of rotatable bonds is 3. The molecular formula is C17H19FN2O. The van der Waals surface area contributed by atoms with Crippen LogP contribution in [0, 0.1) is 12.7 Å². The van der Waals surface area contributed by atoms with E-state index < -0.39 is 5.82 Å². The zero-order valence-corrected chi connectivity index (χ0v) is 12.4. The first kappa shape index (κ1) is 15.0. The van der Waals surface area contributed by atoms with Crippen molar-refractivity contribution in [3.63, 3.8) is 0 Å². The second-order valence-electron chi connectivity index (χ2n) is 5.22. The number of nitrogens with two attached hydrogens (primary N) is 1. The second-order valence-corrected chi connectivity index (χ2v) is 5.22. The molecule has 0 aliphatic rings. The van der Waals surface area contributed by atoms with Crippen LogP contribution in [-0.4, -0.2) is 17.9 Å². The minimum atomic E-state index is -0.408. The number of amides is 1. The normalized spacial score (nSPS) is 12.0. The van der Waals surface area contributed by atoms with Gasteiger partial charge in [0.15, 0.2) is 0 Å². The van der Waals surface area contributed by atoms with Crippen LogP contribution >= 0.6 is 0 Å². The predicted octanol–water partition coefficient (Wildman–Crippen LogP) is 3.55. The third-order valence-corrected chi connectivity index (χ3v) is 3.72. The van der Waals surface area contributed by atoms with Crippen molar-refractivity contribution in [1.29, 1.82) is 0 Å². The van der Waals surface area contributed by atoms with E-state index in [0.717, 1.165) is 11.1 Å². The van der Waals surface area contributed by atoms with Gasteiger partial charge >= 0.3 is 0 Å². The molecule has 2 aromatic rings. The van der Waals surface area contributed by atoms with Crippen LogP contribution in [0.1, 0.15) is 34.5 Å². The van der Waals surface area contributed by atoms with Crippen LogP contribution < -0.4 is 5.73 Å². The highest BCUT2D eigenvalue weighted by molar-refractivity contribution is 5.95. The molecule has 0 saturated carbocycles. The van der Waals surface area contributed by atoms with Crippen molar-refractivity contribution in [2.75, 3.05) is 12.8 Å². The number of carbonyl (C=O) groups is 1. The van der Waals surface area contributed by atoms with Gasteiger partial charge in [0.2, 0.25) is 0 Å². The SMILES string of the molecule is Cc1ccc(F)cc1C(=O)N(C)C(C)c1cccc(N)c1. The first-order valence-corrected chi connectivity index (χ1v) is 6.79. The summed E-state index contributed by atoms with van der Waals surface area (Å²) in [5, 5.41) is 0. The van der Waals surface area contributed by atoms with Gasteiger partial charge in [-0.15, -0.1) is 0 Å². The van der Waals surface area contributed by atoms with Crippen molar-refractivity contribution in [2.45, 2.75) is 19.9 Å². The van der Waals surface area contributed by atoms with Gasteiger partial charge in [-0.25, -0.2) is 4.39 Å². The average Bonchev–Trinajstić information content (AvgIpc) is 2.47. The molecule has 2 rings (SSSR count). The Labute approximate surface area is 124 Å². The van der Waals surface area contributed by atoms with Gasteiger partial charge in [0.1, 0.15) is 5.82 Å². The molecule has 0 radical (unpaired) electrons. The molecule has 0 spiro atoms. The van der Waals surface area contributed by atoms with Crippen LogP contribution in [0.3, 0.4) is 0 Å². The second kappa shape index (κ2) is 5.95. The van der Waals surface area contributed by atoms with Gasteiger partial charge in [0.25, 0.3) is 5.91 Å². The summed E-state index contributed by atoms with van der Waals surface area (Å²) < 4.78 is 13.4. The van der Waals surface area contributed by atoms with E-state index >= 15 is 0 Å². The molecule has 0 aliphatic heterocycles. The molecule has 3 nitrogen and oxygen atoms in total. The number of hydrogen-bond donors (Lipinski definition) is 1. The van der Waals surface area contributed by atoms with Gasteiger partial charge in [-0.05, 0) is 49.2 Å². The number of hydrogen-bond acceptors (Lipinski definition) is 2. The van der Waals surface area contributed by atoms with Gasteiger partial charge in [-0.1, -0.05) is 18.2 Å². The van der Waals surface area contributed by atoms with E-state index in [1.165, 1.54) is 12.1 Å². The lowest BCUT2D eigenvalue weighted by Gasteiger charge is -2.26. The Morgan fingerprint density at radius 3 is 2.62 bits per heavy atom. The molecule has 0 saturated heterocycles. The molecule has 1 atom stereocenters. The Morgan fingerprint density at radius 2 is 1.95 bits per heavy atom. The summed E-state index contributed by atoms with van der Waals surface area (Å²) in [5.41, 5.74) is 8.51. The standard InChI is InChI=1S/C17H19FN2O/c1-11-7-8-14(18)10-16(11)17(21)20(3)12(2)13-5-4-6-15(19)9-13/h4-10,12H,19H2,1-3H3. The van der Waals surface area contributed by atoms with Crippen molar-refractivity contribution < 1.29 is 9.18 Å². The van der Waals surface area contributed by atoms with E-state index in [1.807, 2.05) is 25.1 Å². The fourth-order valence-corrected chi connectivity index (χ4v) is 2.23. The van der Waals surface area contributed by atoms with Crippen LogP contribution in [0.2, 0.25) is 0 Å². The largest absolute Gasteiger partial charge is 0.399 e. The van der Waals surface area contributed by atoms with Crippen molar-refractivity contribution in [2.24, 2.45) is 0 Å². The lowest BCUT2D eigenvalue weighted by molar-refractivity contribution is 0.0741. The van der Waals surface area contributed by atoms with Crippen molar-refractivity contribution in [3.05, 3.63) is 65.0 Å². The molecule has 0 fully saturated rings. The molecule has 0 bridgehead atoms. The highest BCUT2D eigenvalue weighted by Crippen LogP contribution is 2.23. The Kier molecular flexibility index (Phi) is 4.26. The first-order chi connectivity index (χ1) is 9.90. The molecule has 0 aromatic heterocycles. The number of carbonyl (C=O) groups excluding carboxylic acids is 1. The Hall–Kier alpha value is -2.36. The van der Waals surface area contributed by atoms with Gasteiger partial charge in [0, 0.05) is 18.3 Å². The molecule has 2 aromatic carbocycles. The van der Waals surface area contributed by atoms with E-state index in [1.54, 1.807) is 31.0 Å². The summed E-state index contributed by atoms with van der Waals surface area (Å²) in [6, 6.07) is 11.5. The third-order valence-electron chi connectivity index (χ3n) is 3.72. The minimum Gasteiger partial charge on any atom is -0.399 e. The molecule has 2 N–H and O–H groups in total. The molecule has 1 amide bonds. The molecule has 0 heterocycles. The lowest BCUT2D eigenvalue weighted by Crippen LogP contribution is -2.30. The van der Waals surface area contributed by atoms with Gasteiger partial charge in [-0.2, -0.15) is 0 Å². The van der Waals surface area contributed by atoms with Crippen molar-refractivity contribution >= 4 is 11.6 Å². The average molecular weight is 286 g/mol. The summed E-state index contributed by atoms with van der Waals surface area (Å²) in [7, 11) is 1.71. The summed E-state index contributed by atoms with van der Waals surface area (Å²) in [6.07, 6.45) is 0. The minimum absolute atomic E-state index is 0.149. The zero-order valence-electron chi connectivity index (χ0n) is 12.4. The van der Waals surface area contributed by atoms with Crippen LogP contribution in [0.25, 0.3) is 0 Å². The molecule has 4 heteroatoms. The number of nitrogen functional groups attached to an aromatic ring is 1. The maximum Gasteiger partial charge on any atom is 0.254 e. The number of benzene rings is 2. The van der Waals surface area contributed by atoms with Crippen molar-refractivity contribution in [1.82, 2.24) is 4.90 Å². The summed E-state index contributed by atoms with van der Waals surface area (Å²) in [6.45, 7) is 3.72. The van der Waals surface area contributed by atoms with E-state index in [2.05, 4.69) is 0 Å². The highest BCUT2D eigenvalue weighted by atomic mass is 19.1. The summed E-state index contributed by atoms with van der Waals surface area (Å²) in [4.78, 5) is 14.1. The number of nitrogens with zero attached hydrogens (tertiary/aromatic N) is 1. The highest BCUT2D eigenvalue weighted by Gasteiger charge is 2.20. The fraction of sp³-hybridized carbons (Fsp3) is 0.235. The molecular weight excluding hydrogens is 267 g/mol. The molecule has 21 heavy (non-hydrogen) atoms. The first-order valence-electron chi connectivity index (χ1n) is 6.79. The van der Waals surface area contributed by atoms with Gasteiger partial charge < -0.3 is 10.6 Å². The van der Waals surface area contributed by atoms with Gasteiger partial charge in [-0.3, -0.25) is 4.79 Å². The van der Waals surface area contributed by atoms with E-state index in [9.17, 15) is 9.18 Å². The van der Waals surface area contributed by atoms with Crippen molar-refractivity contribution in [3.8, 4) is 0 Å².